The van der Waals surface area contributed by atoms with Gasteiger partial charge in [0.05, 0.1) is 6.26 Å². The Morgan fingerprint density at radius 1 is 1.00 bits per heavy atom. The molecule has 1 N–H and O–H groups in total. The van der Waals surface area contributed by atoms with Crippen molar-refractivity contribution in [1.29, 1.82) is 0 Å². The average molecular weight is 473 g/mol. The van der Waals surface area contributed by atoms with Crippen LogP contribution in [0.25, 0.3) is 0 Å². The fraction of sp³-hybridized carbons (Fsp3) is 0.357. The molecular weight excluding hydrogens is 440 g/mol. The van der Waals surface area contributed by atoms with E-state index in [1.54, 1.807) is 17.0 Å². The molecule has 0 radical (unpaired) electrons. The van der Waals surface area contributed by atoms with Gasteiger partial charge in [0.15, 0.2) is 5.76 Å². The highest BCUT2D eigenvalue weighted by Crippen LogP contribution is 2.28. The topological polar surface area (TPSA) is 69.0 Å². The van der Waals surface area contributed by atoms with Gasteiger partial charge in [-0.25, -0.2) is 0 Å². The number of piperazine rings is 1. The molecule has 1 unspecified atom stereocenters. The number of nitrogens with one attached hydrogen (secondary N) is 1. The Balaban J connectivity index is 1.34. The van der Waals surface area contributed by atoms with E-state index in [1.165, 1.54) is 12.0 Å². The fourth-order valence-corrected chi connectivity index (χ4v) is 5.04. The van der Waals surface area contributed by atoms with Crippen LogP contribution in [0, 0.1) is 6.92 Å². The Bertz CT molecular complexity index is 1200. The summed E-state index contributed by atoms with van der Waals surface area (Å²) >= 11 is 0. The van der Waals surface area contributed by atoms with E-state index >= 15 is 0 Å². The Morgan fingerprint density at radius 2 is 1.77 bits per heavy atom. The molecule has 0 spiro atoms. The molecular formula is C28H32N4O3. The van der Waals surface area contributed by atoms with E-state index in [-0.39, 0.29) is 17.6 Å². The van der Waals surface area contributed by atoms with Crippen LogP contribution in [0.3, 0.4) is 0 Å². The number of amides is 2. The summed E-state index contributed by atoms with van der Waals surface area (Å²) < 4.78 is 5.36. The van der Waals surface area contributed by atoms with Crippen LogP contribution in [0.5, 0.6) is 0 Å². The third-order valence-corrected chi connectivity index (χ3v) is 7.20. The summed E-state index contributed by atoms with van der Waals surface area (Å²) in [5.41, 5.74) is 5.11. The first kappa shape index (κ1) is 23.2. The van der Waals surface area contributed by atoms with Crippen LogP contribution in [0.15, 0.2) is 65.3 Å². The van der Waals surface area contributed by atoms with Gasteiger partial charge in [0.2, 0.25) is 5.91 Å². The van der Waals surface area contributed by atoms with Gasteiger partial charge in [0.25, 0.3) is 5.91 Å². The molecule has 0 saturated carbocycles. The molecule has 2 amide bonds. The Labute approximate surface area is 206 Å². The zero-order chi connectivity index (χ0) is 24.4. The maximum absolute atomic E-state index is 13.5. The monoisotopic (exact) mass is 472 g/mol. The summed E-state index contributed by atoms with van der Waals surface area (Å²) in [5, 5.41) is 3.10. The molecule has 0 aliphatic carbocycles. The van der Waals surface area contributed by atoms with Crippen LogP contribution < -0.4 is 10.2 Å². The molecule has 1 aromatic heterocycles. The van der Waals surface area contributed by atoms with Crippen LogP contribution >= 0.6 is 0 Å². The lowest BCUT2D eigenvalue weighted by Gasteiger charge is -2.36. The molecule has 182 valence electrons. The summed E-state index contributed by atoms with van der Waals surface area (Å²) in [6, 6.07) is 16.9. The van der Waals surface area contributed by atoms with Crippen LogP contribution in [0.4, 0.5) is 11.4 Å². The van der Waals surface area contributed by atoms with Gasteiger partial charge in [-0.1, -0.05) is 31.2 Å². The second kappa shape index (κ2) is 9.96. The Hall–Kier alpha value is -3.58. The quantitative estimate of drug-likeness (QED) is 0.609. The van der Waals surface area contributed by atoms with Crippen molar-refractivity contribution in [3.05, 3.63) is 83.3 Å². The number of hydrogen-bond acceptors (Lipinski definition) is 5. The Kier molecular flexibility index (Phi) is 6.59. The molecule has 2 aliphatic rings. The third-order valence-electron chi connectivity index (χ3n) is 7.20. The summed E-state index contributed by atoms with van der Waals surface area (Å²) in [6.07, 6.45) is 1.94. The van der Waals surface area contributed by atoms with Crippen molar-refractivity contribution in [1.82, 2.24) is 9.80 Å². The zero-order valence-corrected chi connectivity index (χ0v) is 20.4. The molecule has 1 saturated heterocycles. The molecule has 7 heteroatoms. The molecule has 1 fully saturated rings. The lowest BCUT2D eigenvalue weighted by atomic mass is 9.93. The summed E-state index contributed by atoms with van der Waals surface area (Å²) in [4.78, 5) is 33.2. The number of fused-ring (bicyclic) bond motifs is 1. The van der Waals surface area contributed by atoms with Crippen molar-refractivity contribution in [2.75, 3.05) is 42.9 Å². The second-order valence-corrected chi connectivity index (χ2v) is 9.31. The average Bonchev–Trinajstić information content (AvgIpc) is 3.44. The minimum absolute atomic E-state index is 0.188. The number of anilines is 2. The number of benzene rings is 2. The van der Waals surface area contributed by atoms with Gasteiger partial charge in [-0.2, -0.15) is 0 Å². The SMILES string of the molecule is CCN1CCN(c2ccc(NC(=O)C3Cc4ccccc4CN3C(=O)c3ccco3)c(C)c2)CC1. The molecule has 0 bridgehead atoms. The maximum atomic E-state index is 13.5. The third kappa shape index (κ3) is 4.82. The number of nitrogens with zero attached hydrogens (tertiary/aromatic N) is 3. The van der Waals surface area contributed by atoms with E-state index in [0.29, 0.717) is 13.0 Å². The first-order valence-electron chi connectivity index (χ1n) is 12.3. The lowest BCUT2D eigenvalue weighted by molar-refractivity contribution is -0.121. The van der Waals surface area contributed by atoms with E-state index in [4.69, 9.17) is 4.42 Å². The molecule has 3 heterocycles. The number of aryl methyl sites for hydroxylation is 1. The minimum atomic E-state index is -0.622. The first-order valence-corrected chi connectivity index (χ1v) is 12.3. The largest absolute Gasteiger partial charge is 0.459 e. The number of carbonyl (C=O) groups is 2. The molecule has 3 aromatic rings. The minimum Gasteiger partial charge on any atom is -0.459 e. The second-order valence-electron chi connectivity index (χ2n) is 9.31. The maximum Gasteiger partial charge on any atom is 0.290 e. The summed E-state index contributed by atoms with van der Waals surface area (Å²) in [6.45, 7) is 9.81. The normalized spacial score (nSPS) is 18.3. The molecule has 35 heavy (non-hydrogen) atoms. The number of hydrogen-bond donors (Lipinski definition) is 1. The zero-order valence-electron chi connectivity index (χ0n) is 20.4. The predicted octanol–water partition coefficient (Wildman–Crippen LogP) is 3.94. The summed E-state index contributed by atoms with van der Waals surface area (Å²) in [5.74, 6) is -0.222. The molecule has 2 aliphatic heterocycles. The molecule has 1 atom stereocenters. The smallest absolute Gasteiger partial charge is 0.290 e. The van der Waals surface area contributed by atoms with E-state index in [9.17, 15) is 9.59 Å². The van der Waals surface area contributed by atoms with Gasteiger partial charge < -0.3 is 24.4 Å². The number of rotatable bonds is 5. The van der Waals surface area contributed by atoms with Gasteiger partial charge in [0.1, 0.15) is 6.04 Å². The highest BCUT2D eigenvalue weighted by molar-refractivity contribution is 6.01. The van der Waals surface area contributed by atoms with Gasteiger partial charge >= 0.3 is 0 Å². The molecule has 2 aromatic carbocycles. The molecule has 5 rings (SSSR count). The van der Waals surface area contributed by atoms with E-state index in [2.05, 4.69) is 34.2 Å². The van der Waals surface area contributed by atoms with Crippen LogP contribution in [-0.4, -0.2) is 60.4 Å². The highest BCUT2D eigenvalue weighted by Gasteiger charge is 2.36. The van der Waals surface area contributed by atoms with E-state index in [1.807, 2.05) is 37.3 Å². The van der Waals surface area contributed by atoms with Crippen LogP contribution in [0.2, 0.25) is 0 Å². The van der Waals surface area contributed by atoms with Crippen LogP contribution in [-0.2, 0) is 17.8 Å². The van der Waals surface area contributed by atoms with Crippen LogP contribution in [0.1, 0.15) is 34.2 Å². The predicted molar refractivity (Wildman–Crippen MR) is 137 cm³/mol. The van der Waals surface area contributed by atoms with Gasteiger partial charge in [-0.05, 0) is 60.5 Å². The number of furan rings is 1. The van der Waals surface area contributed by atoms with Crippen molar-refractivity contribution in [2.24, 2.45) is 0 Å². The number of carbonyl (C=O) groups excluding carboxylic acids is 2. The van der Waals surface area contributed by atoms with E-state index in [0.717, 1.165) is 55.1 Å². The standard InChI is InChI=1S/C28H32N4O3/c1-3-30-12-14-31(15-13-30)23-10-11-24(20(2)17-23)29-27(33)25-18-21-7-4-5-8-22(21)19-32(25)28(34)26-9-6-16-35-26/h4-11,16-17,25H,3,12-15,18-19H2,1-2H3,(H,29,33). The van der Waals surface area contributed by atoms with Crippen molar-refractivity contribution < 1.29 is 14.0 Å². The van der Waals surface area contributed by atoms with Crippen molar-refractivity contribution in [3.8, 4) is 0 Å². The number of likely N-dealkylation sites (N-methyl/N-ethyl adjacent to an activating group) is 1. The highest BCUT2D eigenvalue weighted by atomic mass is 16.3. The first-order chi connectivity index (χ1) is 17.0. The van der Waals surface area contributed by atoms with Crippen molar-refractivity contribution >= 4 is 23.2 Å². The van der Waals surface area contributed by atoms with Gasteiger partial charge in [0, 0.05) is 50.5 Å². The summed E-state index contributed by atoms with van der Waals surface area (Å²) in [7, 11) is 0. The van der Waals surface area contributed by atoms with Gasteiger partial charge in [-0.15, -0.1) is 0 Å². The Morgan fingerprint density at radius 3 is 2.46 bits per heavy atom. The lowest BCUT2D eigenvalue weighted by Crippen LogP contribution is -2.50. The molecule has 7 nitrogen and oxygen atoms in total. The fourth-order valence-electron chi connectivity index (χ4n) is 5.04. The van der Waals surface area contributed by atoms with Gasteiger partial charge in [-0.3, -0.25) is 9.59 Å². The van der Waals surface area contributed by atoms with E-state index < -0.39 is 6.04 Å². The van der Waals surface area contributed by atoms with Crippen molar-refractivity contribution in [3.63, 3.8) is 0 Å². The van der Waals surface area contributed by atoms with Crippen molar-refractivity contribution in [2.45, 2.75) is 32.9 Å².